The molecular weight excluding hydrogens is 242 g/mol. The third-order valence-electron chi connectivity index (χ3n) is 1.85. The van der Waals surface area contributed by atoms with Crippen molar-refractivity contribution in [3.8, 4) is 11.8 Å². The first-order chi connectivity index (χ1) is 6.83. The van der Waals surface area contributed by atoms with E-state index in [4.69, 9.17) is 5.26 Å². The van der Waals surface area contributed by atoms with Gasteiger partial charge in [0.25, 0.3) is 0 Å². The summed E-state index contributed by atoms with van der Waals surface area (Å²) in [6.07, 6.45) is 3.49. The summed E-state index contributed by atoms with van der Waals surface area (Å²) in [5.41, 5.74) is 1.38. The molecule has 1 heterocycles. The van der Waals surface area contributed by atoms with Crippen molar-refractivity contribution in [3.05, 3.63) is 46.7 Å². The first-order valence-corrected chi connectivity index (χ1v) is 4.81. The van der Waals surface area contributed by atoms with E-state index in [1.54, 1.807) is 10.9 Å². The van der Waals surface area contributed by atoms with Gasteiger partial charge in [-0.3, -0.25) is 0 Å². The zero-order chi connectivity index (χ0) is 9.97. The topological polar surface area (TPSA) is 41.6 Å². The van der Waals surface area contributed by atoms with Gasteiger partial charge in [0.05, 0.1) is 11.3 Å². The highest BCUT2D eigenvalue weighted by atomic mass is 79.9. The Morgan fingerprint density at radius 2 is 2.21 bits per heavy atom. The number of hydrogen-bond acceptors (Lipinski definition) is 2. The number of benzene rings is 1. The van der Waals surface area contributed by atoms with Gasteiger partial charge < -0.3 is 0 Å². The van der Waals surface area contributed by atoms with Crippen LogP contribution >= 0.6 is 15.9 Å². The average molecular weight is 248 g/mol. The van der Waals surface area contributed by atoms with Gasteiger partial charge in [-0.2, -0.15) is 10.4 Å². The van der Waals surface area contributed by atoms with Crippen molar-refractivity contribution in [1.82, 2.24) is 9.78 Å². The quantitative estimate of drug-likeness (QED) is 0.777. The van der Waals surface area contributed by atoms with Gasteiger partial charge in [-0.1, -0.05) is 6.07 Å². The van der Waals surface area contributed by atoms with Gasteiger partial charge in [0, 0.05) is 16.9 Å². The molecule has 1 aromatic heterocycles. The summed E-state index contributed by atoms with van der Waals surface area (Å²) in [6, 6.07) is 9.54. The van der Waals surface area contributed by atoms with E-state index in [0.717, 1.165) is 10.2 Å². The summed E-state index contributed by atoms with van der Waals surface area (Å²) in [4.78, 5) is 0. The Bertz CT molecular complexity index is 483. The van der Waals surface area contributed by atoms with Crippen LogP contribution in [0.25, 0.3) is 5.69 Å². The van der Waals surface area contributed by atoms with Gasteiger partial charge >= 0.3 is 0 Å². The molecule has 0 aliphatic carbocycles. The number of halogens is 1. The second-order valence-corrected chi connectivity index (χ2v) is 3.55. The molecule has 14 heavy (non-hydrogen) atoms. The molecule has 0 fully saturated rings. The predicted octanol–water partition coefficient (Wildman–Crippen LogP) is 2.51. The zero-order valence-electron chi connectivity index (χ0n) is 7.18. The Morgan fingerprint density at radius 3 is 2.86 bits per heavy atom. The SMILES string of the molecule is N#Cc1c(Br)cccc1-n1cccn1. The molecule has 0 spiro atoms. The van der Waals surface area contributed by atoms with Gasteiger partial charge in [0.2, 0.25) is 0 Å². The summed E-state index contributed by atoms with van der Waals surface area (Å²) in [7, 11) is 0. The van der Waals surface area contributed by atoms with E-state index >= 15 is 0 Å². The van der Waals surface area contributed by atoms with Crippen LogP contribution in [0, 0.1) is 11.3 Å². The lowest BCUT2D eigenvalue weighted by Gasteiger charge is -2.04. The minimum atomic E-state index is 0.594. The maximum atomic E-state index is 8.98. The third kappa shape index (κ3) is 1.42. The van der Waals surface area contributed by atoms with Crippen LogP contribution in [0.5, 0.6) is 0 Å². The molecule has 2 aromatic rings. The molecule has 0 amide bonds. The molecule has 0 saturated heterocycles. The minimum Gasteiger partial charge on any atom is -0.240 e. The van der Waals surface area contributed by atoms with E-state index < -0.39 is 0 Å². The van der Waals surface area contributed by atoms with E-state index in [1.165, 1.54) is 0 Å². The van der Waals surface area contributed by atoms with Crippen molar-refractivity contribution in [2.24, 2.45) is 0 Å². The molecule has 0 aliphatic heterocycles. The van der Waals surface area contributed by atoms with Gasteiger partial charge in [-0.25, -0.2) is 4.68 Å². The molecule has 0 unspecified atom stereocenters. The minimum absolute atomic E-state index is 0.594. The number of aromatic nitrogens is 2. The van der Waals surface area contributed by atoms with Crippen LogP contribution in [0.1, 0.15) is 5.56 Å². The lowest BCUT2D eigenvalue weighted by atomic mass is 10.2. The molecule has 0 atom stereocenters. The molecule has 0 saturated carbocycles. The lowest BCUT2D eigenvalue weighted by Crippen LogP contribution is -1.97. The first kappa shape index (κ1) is 8.97. The predicted molar refractivity (Wildman–Crippen MR) is 56.0 cm³/mol. The van der Waals surface area contributed by atoms with Gasteiger partial charge in [0.1, 0.15) is 6.07 Å². The number of nitrogens with zero attached hydrogens (tertiary/aromatic N) is 3. The Balaban J connectivity index is 2.66. The molecule has 2 rings (SSSR count). The standard InChI is InChI=1S/C10H6BrN3/c11-9-3-1-4-10(8(9)7-12)14-6-2-5-13-14/h1-6H. The van der Waals surface area contributed by atoms with Crippen LogP contribution in [0.15, 0.2) is 41.1 Å². The van der Waals surface area contributed by atoms with Gasteiger partial charge in [-0.15, -0.1) is 0 Å². The molecule has 0 bridgehead atoms. The second kappa shape index (κ2) is 3.64. The van der Waals surface area contributed by atoms with Crippen LogP contribution in [0.4, 0.5) is 0 Å². The molecule has 3 nitrogen and oxygen atoms in total. The van der Waals surface area contributed by atoms with E-state index in [-0.39, 0.29) is 0 Å². The molecule has 0 N–H and O–H groups in total. The highest BCUT2D eigenvalue weighted by molar-refractivity contribution is 9.10. The fraction of sp³-hybridized carbons (Fsp3) is 0. The largest absolute Gasteiger partial charge is 0.240 e. The van der Waals surface area contributed by atoms with E-state index in [2.05, 4.69) is 27.1 Å². The lowest BCUT2D eigenvalue weighted by molar-refractivity contribution is 0.876. The van der Waals surface area contributed by atoms with Crippen molar-refractivity contribution < 1.29 is 0 Å². The highest BCUT2D eigenvalue weighted by Gasteiger charge is 2.06. The Kier molecular flexibility index (Phi) is 2.33. The number of rotatable bonds is 1. The van der Waals surface area contributed by atoms with Crippen molar-refractivity contribution in [2.45, 2.75) is 0 Å². The van der Waals surface area contributed by atoms with E-state index in [0.29, 0.717) is 5.56 Å². The molecule has 0 radical (unpaired) electrons. The van der Waals surface area contributed by atoms with Gasteiger partial charge in [0.15, 0.2) is 0 Å². The van der Waals surface area contributed by atoms with E-state index in [9.17, 15) is 0 Å². The zero-order valence-corrected chi connectivity index (χ0v) is 8.77. The maximum absolute atomic E-state index is 8.98. The first-order valence-electron chi connectivity index (χ1n) is 4.01. The molecule has 4 heteroatoms. The number of nitriles is 1. The van der Waals surface area contributed by atoms with Crippen molar-refractivity contribution in [1.29, 1.82) is 5.26 Å². The highest BCUT2D eigenvalue weighted by Crippen LogP contribution is 2.21. The van der Waals surface area contributed by atoms with E-state index in [1.807, 2.05) is 30.5 Å². The van der Waals surface area contributed by atoms with Crippen molar-refractivity contribution in [2.75, 3.05) is 0 Å². The summed E-state index contributed by atoms with van der Waals surface area (Å²) >= 11 is 3.33. The van der Waals surface area contributed by atoms with Crippen LogP contribution in [0.3, 0.4) is 0 Å². The average Bonchev–Trinajstić information content (AvgIpc) is 2.70. The molecule has 68 valence electrons. The van der Waals surface area contributed by atoms with Crippen molar-refractivity contribution in [3.63, 3.8) is 0 Å². The second-order valence-electron chi connectivity index (χ2n) is 2.70. The summed E-state index contributed by atoms with van der Waals surface area (Å²) < 4.78 is 2.46. The summed E-state index contributed by atoms with van der Waals surface area (Å²) in [5.74, 6) is 0. The molecule has 0 aliphatic rings. The Hall–Kier alpha value is -1.60. The number of hydrogen-bond donors (Lipinski definition) is 0. The smallest absolute Gasteiger partial charge is 0.103 e. The van der Waals surface area contributed by atoms with Crippen LogP contribution in [0.2, 0.25) is 0 Å². The van der Waals surface area contributed by atoms with Crippen LogP contribution in [-0.2, 0) is 0 Å². The summed E-state index contributed by atoms with van der Waals surface area (Å²) in [5, 5.41) is 13.1. The monoisotopic (exact) mass is 247 g/mol. The fourth-order valence-electron chi connectivity index (χ4n) is 1.23. The Labute approximate surface area is 89.7 Å². The molecular formula is C10H6BrN3. The van der Waals surface area contributed by atoms with Crippen molar-refractivity contribution >= 4 is 15.9 Å². The molecule has 1 aromatic carbocycles. The van der Waals surface area contributed by atoms with Gasteiger partial charge in [-0.05, 0) is 34.1 Å². The Morgan fingerprint density at radius 1 is 1.36 bits per heavy atom. The third-order valence-corrected chi connectivity index (χ3v) is 2.52. The fourth-order valence-corrected chi connectivity index (χ4v) is 1.67. The van der Waals surface area contributed by atoms with Crippen LogP contribution in [-0.4, -0.2) is 9.78 Å². The maximum Gasteiger partial charge on any atom is 0.103 e. The van der Waals surface area contributed by atoms with Crippen LogP contribution < -0.4 is 0 Å². The summed E-state index contributed by atoms with van der Waals surface area (Å²) in [6.45, 7) is 0. The normalized spacial score (nSPS) is 9.71.